The average Bonchev–Trinajstić information content (AvgIpc) is 3.25. The number of benzene rings is 1. The van der Waals surface area contributed by atoms with Crippen molar-refractivity contribution in [3.8, 4) is 0 Å². The van der Waals surface area contributed by atoms with Gasteiger partial charge in [-0.25, -0.2) is 5.43 Å². The van der Waals surface area contributed by atoms with E-state index in [1.54, 1.807) is 0 Å². The Labute approximate surface area is 203 Å². The van der Waals surface area contributed by atoms with Gasteiger partial charge in [0.1, 0.15) is 0 Å². The monoisotopic (exact) mass is 461 g/mol. The summed E-state index contributed by atoms with van der Waals surface area (Å²) in [5.41, 5.74) is 13.5. The molecule has 3 N–H and O–H groups in total. The first kappa shape index (κ1) is 23.5. The second-order valence-electron chi connectivity index (χ2n) is 10.7. The van der Waals surface area contributed by atoms with Gasteiger partial charge in [0.2, 0.25) is 5.91 Å². The SMILES string of the molecule is Cc1cc(C2NNC3CCC(C(=O)N[C@@H]4CCCN(Cc5c(C)cccc5C)C4)CC32)ccn1. The number of nitrogens with one attached hydrogen (secondary N) is 3. The number of fused-ring (bicyclic) bond motifs is 1. The van der Waals surface area contributed by atoms with Crippen molar-refractivity contribution in [3.05, 3.63) is 64.5 Å². The fourth-order valence-electron chi connectivity index (χ4n) is 6.34. The lowest BCUT2D eigenvalue weighted by Gasteiger charge is -2.36. The van der Waals surface area contributed by atoms with Gasteiger partial charge in [-0.1, -0.05) is 18.2 Å². The van der Waals surface area contributed by atoms with Crippen LogP contribution in [0.25, 0.3) is 0 Å². The number of hydrogen-bond donors (Lipinski definition) is 3. The second kappa shape index (κ2) is 10.1. The van der Waals surface area contributed by atoms with Crippen LogP contribution in [0.15, 0.2) is 36.5 Å². The van der Waals surface area contributed by atoms with Crippen LogP contribution in [0.1, 0.15) is 66.1 Å². The van der Waals surface area contributed by atoms with Gasteiger partial charge in [0.25, 0.3) is 0 Å². The Kier molecular flexibility index (Phi) is 7.00. The molecular formula is C28H39N5O. The molecule has 1 aromatic heterocycles. The number of nitrogens with zero attached hydrogens (tertiary/aromatic N) is 2. The Hall–Kier alpha value is -2.28. The van der Waals surface area contributed by atoms with Crippen LogP contribution in [-0.4, -0.2) is 41.0 Å². The summed E-state index contributed by atoms with van der Waals surface area (Å²) in [6.07, 6.45) is 7.04. The van der Waals surface area contributed by atoms with E-state index >= 15 is 0 Å². The molecule has 6 nitrogen and oxygen atoms in total. The predicted octanol–water partition coefficient (Wildman–Crippen LogP) is 3.72. The molecular weight excluding hydrogens is 422 g/mol. The van der Waals surface area contributed by atoms with Gasteiger partial charge in [-0.2, -0.15) is 0 Å². The van der Waals surface area contributed by atoms with Crippen molar-refractivity contribution in [2.45, 2.75) is 77.5 Å². The van der Waals surface area contributed by atoms with Crippen LogP contribution in [-0.2, 0) is 11.3 Å². The summed E-state index contributed by atoms with van der Waals surface area (Å²) in [6, 6.07) is 11.7. The number of carbonyl (C=O) groups is 1. The zero-order valence-corrected chi connectivity index (χ0v) is 20.8. The molecule has 34 heavy (non-hydrogen) atoms. The van der Waals surface area contributed by atoms with Crippen LogP contribution < -0.4 is 16.2 Å². The maximum atomic E-state index is 13.3. The number of piperidine rings is 1. The molecule has 6 heteroatoms. The average molecular weight is 462 g/mol. The normalized spacial score (nSPS) is 29.6. The van der Waals surface area contributed by atoms with Crippen molar-refractivity contribution in [3.63, 3.8) is 0 Å². The van der Waals surface area contributed by atoms with Crippen molar-refractivity contribution in [1.29, 1.82) is 0 Å². The van der Waals surface area contributed by atoms with Gasteiger partial charge >= 0.3 is 0 Å². The third kappa shape index (κ3) is 5.04. The molecule has 0 radical (unpaired) electrons. The number of hydrazine groups is 1. The van der Waals surface area contributed by atoms with E-state index in [2.05, 4.69) is 70.2 Å². The van der Waals surface area contributed by atoms with E-state index in [0.717, 1.165) is 57.4 Å². The molecule has 1 aromatic carbocycles. The first-order valence-electron chi connectivity index (χ1n) is 13.0. The Morgan fingerprint density at radius 3 is 2.74 bits per heavy atom. The topological polar surface area (TPSA) is 69.3 Å². The fraction of sp³-hybridized carbons (Fsp3) is 0.571. The number of carbonyl (C=O) groups excluding carboxylic acids is 1. The van der Waals surface area contributed by atoms with Crippen LogP contribution in [0.3, 0.4) is 0 Å². The lowest BCUT2D eigenvalue weighted by molar-refractivity contribution is -0.127. The number of pyridine rings is 1. The van der Waals surface area contributed by atoms with E-state index in [0.29, 0.717) is 12.0 Å². The predicted molar refractivity (Wildman–Crippen MR) is 135 cm³/mol. The molecule has 0 spiro atoms. The lowest BCUT2D eigenvalue weighted by Crippen LogP contribution is -2.50. The molecule has 4 unspecified atom stereocenters. The number of aromatic nitrogens is 1. The molecule has 3 heterocycles. The quantitative estimate of drug-likeness (QED) is 0.633. The van der Waals surface area contributed by atoms with Crippen molar-refractivity contribution in [2.75, 3.05) is 13.1 Å². The van der Waals surface area contributed by atoms with Gasteiger partial charge < -0.3 is 5.32 Å². The molecule has 2 aliphatic heterocycles. The molecule has 5 atom stereocenters. The summed E-state index contributed by atoms with van der Waals surface area (Å²) in [4.78, 5) is 20.2. The summed E-state index contributed by atoms with van der Waals surface area (Å²) in [5, 5.41) is 3.45. The maximum absolute atomic E-state index is 13.3. The minimum absolute atomic E-state index is 0.0994. The Balaban J connectivity index is 1.19. The first-order chi connectivity index (χ1) is 16.5. The summed E-state index contributed by atoms with van der Waals surface area (Å²) in [7, 11) is 0. The Morgan fingerprint density at radius 1 is 1.12 bits per heavy atom. The molecule has 1 amide bonds. The smallest absolute Gasteiger partial charge is 0.223 e. The molecule has 5 rings (SSSR count). The number of hydrogen-bond acceptors (Lipinski definition) is 5. The van der Waals surface area contributed by atoms with E-state index in [9.17, 15) is 4.79 Å². The lowest BCUT2D eigenvalue weighted by atomic mass is 9.74. The molecule has 2 aromatic rings. The fourth-order valence-corrected chi connectivity index (χ4v) is 6.34. The number of aryl methyl sites for hydroxylation is 3. The Morgan fingerprint density at radius 2 is 1.94 bits per heavy atom. The number of rotatable bonds is 5. The summed E-state index contributed by atoms with van der Waals surface area (Å²) >= 11 is 0. The van der Waals surface area contributed by atoms with Crippen molar-refractivity contribution < 1.29 is 4.79 Å². The molecule has 3 aliphatic rings. The zero-order valence-electron chi connectivity index (χ0n) is 20.8. The summed E-state index contributed by atoms with van der Waals surface area (Å²) in [6.45, 7) is 9.47. The van der Waals surface area contributed by atoms with E-state index in [1.807, 2.05) is 13.1 Å². The molecule has 1 aliphatic carbocycles. The number of likely N-dealkylation sites (tertiary alicyclic amines) is 1. The minimum Gasteiger partial charge on any atom is -0.352 e. The van der Waals surface area contributed by atoms with Crippen LogP contribution in [0.4, 0.5) is 0 Å². The van der Waals surface area contributed by atoms with Gasteiger partial charge in [0.15, 0.2) is 0 Å². The van der Waals surface area contributed by atoms with Crippen LogP contribution in [0.2, 0.25) is 0 Å². The largest absolute Gasteiger partial charge is 0.352 e. The van der Waals surface area contributed by atoms with E-state index < -0.39 is 0 Å². The van der Waals surface area contributed by atoms with Gasteiger partial charge in [0, 0.05) is 43.0 Å². The highest BCUT2D eigenvalue weighted by Crippen LogP contribution is 2.40. The van der Waals surface area contributed by atoms with Crippen LogP contribution >= 0.6 is 0 Å². The minimum atomic E-state index is 0.0994. The highest BCUT2D eigenvalue weighted by molar-refractivity contribution is 5.79. The Bertz CT molecular complexity index is 1000. The van der Waals surface area contributed by atoms with Crippen molar-refractivity contribution >= 4 is 5.91 Å². The molecule has 2 saturated heterocycles. The summed E-state index contributed by atoms with van der Waals surface area (Å²) in [5.74, 6) is 0.787. The third-order valence-electron chi connectivity index (χ3n) is 8.28. The highest BCUT2D eigenvalue weighted by atomic mass is 16.2. The zero-order chi connectivity index (χ0) is 23.7. The van der Waals surface area contributed by atoms with Crippen LogP contribution in [0.5, 0.6) is 0 Å². The van der Waals surface area contributed by atoms with Gasteiger partial charge in [-0.05, 0) is 99.7 Å². The second-order valence-corrected chi connectivity index (χ2v) is 10.7. The van der Waals surface area contributed by atoms with E-state index in [4.69, 9.17) is 0 Å². The first-order valence-corrected chi connectivity index (χ1v) is 13.0. The van der Waals surface area contributed by atoms with Gasteiger partial charge in [0.05, 0.1) is 6.04 Å². The standard InChI is InChI=1S/C28H39N5O/c1-18-6-4-7-19(2)25(18)17-33-13-5-8-23(16-33)30-28(34)22-9-10-26-24(15-22)27(32-31-26)21-11-12-29-20(3)14-21/h4,6-7,11-12,14,22-24,26-27,31-32H,5,8-10,13,15-17H2,1-3H3,(H,30,34)/t22?,23-,24?,26?,27?/m1/s1. The summed E-state index contributed by atoms with van der Waals surface area (Å²) < 4.78 is 0. The van der Waals surface area contributed by atoms with Crippen molar-refractivity contribution in [2.24, 2.45) is 11.8 Å². The maximum Gasteiger partial charge on any atom is 0.223 e. The van der Waals surface area contributed by atoms with Gasteiger partial charge in [-0.3, -0.25) is 20.1 Å². The highest BCUT2D eigenvalue weighted by Gasteiger charge is 2.43. The van der Waals surface area contributed by atoms with Crippen molar-refractivity contribution in [1.82, 2.24) is 26.1 Å². The van der Waals surface area contributed by atoms with Crippen LogP contribution in [0, 0.1) is 32.6 Å². The third-order valence-corrected chi connectivity index (χ3v) is 8.28. The molecule has 0 bridgehead atoms. The van der Waals surface area contributed by atoms with Gasteiger partial charge in [-0.15, -0.1) is 0 Å². The van der Waals surface area contributed by atoms with E-state index in [1.165, 1.54) is 22.3 Å². The van der Waals surface area contributed by atoms with E-state index in [-0.39, 0.29) is 23.9 Å². The molecule has 3 fully saturated rings. The number of amides is 1. The molecule has 1 saturated carbocycles. The molecule has 182 valence electrons.